The Morgan fingerprint density at radius 2 is 2.00 bits per heavy atom. The highest BCUT2D eigenvalue weighted by Gasteiger charge is 2.25. The first kappa shape index (κ1) is 10.1. The highest BCUT2D eigenvalue weighted by Crippen LogP contribution is 2.28. The third kappa shape index (κ3) is 2.15. The Morgan fingerprint density at radius 3 is 2.64 bits per heavy atom. The number of hydrogen-bond acceptors (Lipinski definition) is 1. The molecule has 0 bridgehead atoms. The average Bonchev–Trinajstić information content (AvgIpc) is 2.20. The van der Waals surface area contributed by atoms with Crippen molar-refractivity contribution >= 4 is 15.9 Å². The largest absolute Gasteiger partial charge is 0.314 e. The number of halogens is 2. The molecule has 0 radical (unpaired) electrons. The minimum absolute atomic E-state index is 0.0735. The summed E-state index contributed by atoms with van der Waals surface area (Å²) in [6.07, 6.45) is 0.146. The summed E-state index contributed by atoms with van der Waals surface area (Å²) < 4.78 is 14.6. The third-order valence-corrected chi connectivity index (χ3v) is 3.23. The van der Waals surface area contributed by atoms with Crippen LogP contribution in [0.1, 0.15) is 17.9 Å². The van der Waals surface area contributed by atoms with E-state index in [2.05, 4.69) is 21.2 Å². The first-order chi connectivity index (χ1) is 6.77. The van der Waals surface area contributed by atoms with Crippen molar-refractivity contribution in [3.05, 3.63) is 34.3 Å². The lowest BCUT2D eigenvalue weighted by Gasteiger charge is -2.26. The summed E-state index contributed by atoms with van der Waals surface area (Å²) in [5.41, 5.74) is 1.11. The van der Waals surface area contributed by atoms with Gasteiger partial charge in [0.1, 0.15) is 6.17 Å². The van der Waals surface area contributed by atoms with Crippen molar-refractivity contribution in [2.75, 3.05) is 13.1 Å². The molecule has 1 fully saturated rings. The van der Waals surface area contributed by atoms with Crippen LogP contribution in [0.4, 0.5) is 4.39 Å². The van der Waals surface area contributed by atoms with Gasteiger partial charge in [-0.1, -0.05) is 28.1 Å². The standard InChI is InChI=1S/C11H13BrFN/c12-9-3-1-8(2-4-9)10-5-6-14-7-11(10)13/h1-4,10-11,14H,5-7H2/t10-,11+/m0/s1. The van der Waals surface area contributed by atoms with Crippen LogP contribution in [0.5, 0.6) is 0 Å². The Morgan fingerprint density at radius 1 is 1.29 bits per heavy atom. The summed E-state index contributed by atoms with van der Waals surface area (Å²) in [6, 6.07) is 7.97. The maximum absolute atomic E-state index is 13.6. The number of benzene rings is 1. The SMILES string of the molecule is F[C@@H]1CNCC[C@H]1c1ccc(Br)cc1. The molecule has 3 heteroatoms. The summed E-state index contributed by atoms with van der Waals surface area (Å²) in [7, 11) is 0. The van der Waals surface area contributed by atoms with Crippen molar-refractivity contribution in [1.29, 1.82) is 0 Å². The van der Waals surface area contributed by atoms with Gasteiger partial charge in [-0.25, -0.2) is 4.39 Å². The van der Waals surface area contributed by atoms with E-state index in [1.54, 1.807) is 0 Å². The second-order valence-electron chi connectivity index (χ2n) is 3.67. The molecule has 0 aromatic heterocycles. The maximum atomic E-state index is 13.6. The molecule has 0 spiro atoms. The molecule has 1 heterocycles. The molecule has 1 nitrogen and oxygen atoms in total. The van der Waals surface area contributed by atoms with E-state index in [-0.39, 0.29) is 5.92 Å². The van der Waals surface area contributed by atoms with Crippen LogP contribution < -0.4 is 5.32 Å². The van der Waals surface area contributed by atoms with E-state index < -0.39 is 6.17 Å². The summed E-state index contributed by atoms with van der Waals surface area (Å²) in [5.74, 6) is 0.0735. The van der Waals surface area contributed by atoms with Crippen molar-refractivity contribution in [1.82, 2.24) is 5.32 Å². The van der Waals surface area contributed by atoms with Crippen LogP contribution in [0, 0.1) is 0 Å². The quantitative estimate of drug-likeness (QED) is 0.816. The predicted octanol–water partition coefficient (Wildman–Crippen LogP) is 2.86. The van der Waals surface area contributed by atoms with Gasteiger partial charge in [-0.2, -0.15) is 0 Å². The molecule has 1 saturated heterocycles. The Hall–Kier alpha value is -0.410. The predicted molar refractivity (Wildman–Crippen MR) is 59.3 cm³/mol. The van der Waals surface area contributed by atoms with Crippen LogP contribution in [-0.2, 0) is 0 Å². The van der Waals surface area contributed by atoms with Gasteiger partial charge < -0.3 is 5.32 Å². The normalized spacial score (nSPS) is 27.6. The van der Waals surface area contributed by atoms with Crippen molar-refractivity contribution < 1.29 is 4.39 Å². The number of nitrogens with one attached hydrogen (secondary N) is 1. The Balaban J connectivity index is 2.16. The average molecular weight is 258 g/mol. The Labute approximate surface area is 91.8 Å². The van der Waals surface area contributed by atoms with Crippen LogP contribution in [-0.4, -0.2) is 19.3 Å². The van der Waals surface area contributed by atoms with E-state index >= 15 is 0 Å². The summed E-state index contributed by atoms with van der Waals surface area (Å²) in [6.45, 7) is 1.40. The molecule has 1 aromatic rings. The molecule has 2 atom stereocenters. The highest BCUT2D eigenvalue weighted by molar-refractivity contribution is 9.10. The van der Waals surface area contributed by atoms with Crippen molar-refractivity contribution in [3.63, 3.8) is 0 Å². The molecule has 1 aromatic carbocycles. The second kappa shape index (κ2) is 4.41. The second-order valence-corrected chi connectivity index (χ2v) is 4.58. The smallest absolute Gasteiger partial charge is 0.119 e. The zero-order chi connectivity index (χ0) is 9.97. The summed E-state index contributed by atoms with van der Waals surface area (Å²) in [4.78, 5) is 0. The van der Waals surface area contributed by atoms with E-state index in [9.17, 15) is 4.39 Å². The fraction of sp³-hybridized carbons (Fsp3) is 0.455. The minimum Gasteiger partial charge on any atom is -0.314 e. The van der Waals surface area contributed by atoms with Gasteiger partial charge in [-0.15, -0.1) is 0 Å². The number of rotatable bonds is 1. The topological polar surface area (TPSA) is 12.0 Å². The zero-order valence-electron chi connectivity index (χ0n) is 7.84. The molecule has 0 aliphatic carbocycles. The van der Waals surface area contributed by atoms with Crippen molar-refractivity contribution in [2.45, 2.75) is 18.5 Å². The number of piperidine rings is 1. The van der Waals surface area contributed by atoms with E-state index in [1.165, 1.54) is 0 Å². The van der Waals surface area contributed by atoms with Crippen LogP contribution in [0.15, 0.2) is 28.7 Å². The third-order valence-electron chi connectivity index (χ3n) is 2.71. The van der Waals surface area contributed by atoms with Gasteiger partial charge in [0.15, 0.2) is 0 Å². The molecule has 1 aliphatic heterocycles. The molecule has 0 saturated carbocycles. The Bertz CT molecular complexity index is 299. The van der Waals surface area contributed by atoms with Crippen LogP contribution in [0.2, 0.25) is 0 Å². The number of hydrogen-bond donors (Lipinski definition) is 1. The van der Waals surface area contributed by atoms with Crippen LogP contribution in [0.3, 0.4) is 0 Å². The van der Waals surface area contributed by atoms with Crippen molar-refractivity contribution in [3.8, 4) is 0 Å². The molecule has 0 amide bonds. The van der Waals surface area contributed by atoms with E-state index in [0.29, 0.717) is 6.54 Å². The summed E-state index contributed by atoms with van der Waals surface area (Å²) >= 11 is 3.38. The van der Waals surface area contributed by atoms with Gasteiger partial charge in [-0.05, 0) is 30.7 Å². The van der Waals surface area contributed by atoms with Gasteiger partial charge in [0.2, 0.25) is 0 Å². The Kier molecular flexibility index (Phi) is 3.19. The molecule has 76 valence electrons. The molecule has 1 aliphatic rings. The van der Waals surface area contributed by atoms with E-state index in [0.717, 1.165) is 23.0 Å². The number of alkyl halides is 1. The minimum atomic E-state index is -0.745. The molecule has 0 unspecified atom stereocenters. The molecular formula is C11H13BrFN. The van der Waals surface area contributed by atoms with Crippen LogP contribution >= 0.6 is 15.9 Å². The maximum Gasteiger partial charge on any atom is 0.119 e. The van der Waals surface area contributed by atoms with E-state index in [1.807, 2.05) is 24.3 Å². The van der Waals surface area contributed by atoms with Gasteiger partial charge >= 0.3 is 0 Å². The fourth-order valence-electron chi connectivity index (χ4n) is 1.91. The lowest BCUT2D eigenvalue weighted by molar-refractivity contribution is 0.231. The lowest BCUT2D eigenvalue weighted by Crippen LogP contribution is -2.36. The molecular weight excluding hydrogens is 245 g/mol. The van der Waals surface area contributed by atoms with Crippen LogP contribution in [0.25, 0.3) is 0 Å². The highest BCUT2D eigenvalue weighted by atomic mass is 79.9. The zero-order valence-corrected chi connectivity index (χ0v) is 9.43. The molecule has 1 N–H and O–H groups in total. The lowest BCUT2D eigenvalue weighted by atomic mass is 9.89. The van der Waals surface area contributed by atoms with Crippen molar-refractivity contribution in [2.24, 2.45) is 0 Å². The first-order valence-electron chi connectivity index (χ1n) is 4.87. The van der Waals surface area contributed by atoms with E-state index in [4.69, 9.17) is 0 Å². The monoisotopic (exact) mass is 257 g/mol. The molecule has 14 heavy (non-hydrogen) atoms. The van der Waals surface area contributed by atoms with Gasteiger partial charge in [0.05, 0.1) is 0 Å². The first-order valence-corrected chi connectivity index (χ1v) is 5.67. The fourth-order valence-corrected chi connectivity index (χ4v) is 2.17. The van der Waals surface area contributed by atoms with Gasteiger partial charge in [0, 0.05) is 16.9 Å². The van der Waals surface area contributed by atoms with Gasteiger partial charge in [0.25, 0.3) is 0 Å². The molecule has 2 rings (SSSR count). The summed E-state index contributed by atoms with van der Waals surface area (Å²) in [5, 5.41) is 3.06. The van der Waals surface area contributed by atoms with Gasteiger partial charge in [-0.3, -0.25) is 0 Å².